The molecular formula is C25H26FN3O5. The van der Waals surface area contributed by atoms with Crippen LogP contribution in [0, 0.1) is 19.7 Å². The van der Waals surface area contributed by atoms with Gasteiger partial charge in [-0.15, -0.1) is 0 Å². The highest BCUT2D eigenvalue weighted by Crippen LogP contribution is 2.34. The lowest BCUT2D eigenvalue weighted by Crippen LogP contribution is -2.42. The van der Waals surface area contributed by atoms with Crippen LogP contribution in [0.3, 0.4) is 0 Å². The van der Waals surface area contributed by atoms with Gasteiger partial charge in [0.2, 0.25) is 0 Å². The summed E-state index contributed by atoms with van der Waals surface area (Å²) in [6, 6.07) is 3.39. The number of Topliss-reactive ketones (excluding diaryl/α,β-unsaturated/α-hetero) is 1. The summed E-state index contributed by atoms with van der Waals surface area (Å²) in [5, 5.41) is 5.51. The number of ketones is 1. The molecule has 2 saturated heterocycles. The second-order valence-corrected chi connectivity index (χ2v) is 8.99. The number of hydrogen-bond donors (Lipinski definition) is 3. The van der Waals surface area contributed by atoms with Gasteiger partial charge in [0.05, 0.1) is 23.8 Å². The number of hydrogen-bond acceptors (Lipinski definition) is 5. The quantitative estimate of drug-likeness (QED) is 0.586. The van der Waals surface area contributed by atoms with Crippen molar-refractivity contribution >= 4 is 34.9 Å². The average molecular weight is 467 g/mol. The Hall–Kier alpha value is -3.30. The van der Waals surface area contributed by atoms with Crippen LogP contribution in [-0.4, -0.2) is 54.0 Å². The highest BCUT2D eigenvalue weighted by molar-refractivity contribution is 6.34. The van der Waals surface area contributed by atoms with E-state index in [0.29, 0.717) is 52.4 Å². The molecule has 34 heavy (non-hydrogen) atoms. The summed E-state index contributed by atoms with van der Waals surface area (Å²) in [4.78, 5) is 41.4. The molecule has 2 aromatic rings. The SMILES string of the molecule is Cc1[nH]c(/C=C2\C(=O)Nc3ccc(F)cc32)c(C)c1C(=O)NC1COC(CC2CCCO2)C1=O. The number of aromatic amines is 1. The number of H-pyrrole nitrogens is 1. The van der Waals surface area contributed by atoms with Crippen molar-refractivity contribution in [2.75, 3.05) is 18.5 Å². The van der Waals surface area contributed by atoms with E-state index in [0.717, 1.165) is 12.8 Å². The number of amides is 2. The number of aryl methyl sites for hydroxylation is 1. The number of carbonyl (C=O) groups is 3. The molecule has 3 aliphatic heterocycles. The van der Waals surface area contributed by atoms with E-state index in [2.05, 4.69) is 15.6 Å². The normalized spacial score (nSPS) is 25.1. The van der Waals surface area contributed by atoms with E-state index in [4.69, 9.17) is 9.47 Å². The van der Waals surface area contributed by atoms with Gasteiger partial charge >= 0.3 is 0 Å². The van der Waals surface area contributed by atoms with E-state index in [1.807, 2.05) is 0 Å². The standard InChI is InChI=1S/C25H26FN3O5/c1-12-19(10-17-16-8-14(26)5-6-18(16)28-24(17)31)27-13(2)22(12)25(32)29-20-11-34-21(23(20)30)9-15-4-3-7-33-15/h5-6,8,10,15,20-21,27H,3-4,7,9,11H2,1-2H3,(H,28,31)(H,29,32)/b17-10-. The molecule has 178 valence electrons. The molecule has 5 rings (SSSR count). The minimum atomic E-state index is -0.718. The third kappa shape index (κ3) is 4.05. The van der Waals surface area contributed by atoms with Crippen molar-refractivity contribution < 1.29 is 28.2 Å². The Labute approximate surface area is 195 Å². The fourth-order valence-electron chi connectivity index (χ4n) is 4.90. The zero-order valence-corrected chi connectivity index (χ0v) is 19.0. The molecule has 0 aliphatic carbocycles. The highest BCUT2D eigenvalue weighted by atomic mass is 19.1. The molecule has 0 radical (unpaired) electrons. The van der Waals surface area contributed by atoms with Crippen molar-refractivity contribution in [3.05, 3.63) is 52.1 Å². The zero-order chi connectivity index (χ0) is 24.0. The van der Waals surface area contributed by atoms with Crippen LogP contribution in [0.4, 0.5) is 10.1 Å². The molecule has 2 fully saturated rings. The molecule has 0 spiro atoms. The summed E-state index contributed by atoms with van der Waals surface area (Å²) in [6.45, 7) is 4.35. The maximum atomic E-state index is 13.7. The van der Waals surface area contributed by atoms with Gasteiger partial charge in [-0.1, -0.05) is 0 Å². The van der Waals surface area contributed by atoms with Gasteiger partial charge in [-0.25, -0.2) is 4.39 Å². The summed E-state index contributed by atoms with van der Waals surface area (Å²) >= 11 is 0. The van der Waals surface area contributed by atoms with Gasteiger partial charge in [-0.3, -0.25) is 14.4 Å². The molecule has 9 heteroatoms. The molecular weight excluding hydrogens is 441 g/mol. The van der Waals surface area contributed by atoms with E-state index in [1.54, 1.807) is 19.9 Å². The van der Waals surface area contributed by atoms with Crippen LogP contribution < -0.4 is 10.6 Å². The predicted octanol–water partition coefficient (Wildman–Crippen LogP) is 2.90. The van der Waals surface area contributed by atoms with Crippen LogP contribution >= 0.6 is 0 Å². The number of ether oxygens (including phenoxy) is 2. The topological polar surface area (TPSA) is 110 Å². The van der Waals surface area contributed by atoms with E-state index >= 15 is 0 Å². The molecule has 0 bridgehead atoms. The lowest BCUT2D eigenvalue weighted by molar-refractivity contribution is -0.124. The lowest BCUT2D eigenvalue weighted by Gasteiger charge is -2.14. The third-order valence-electron chi connectivity index (χ3n) is 6.69. The van der Waals surface area contributed by atoms with Crippen LogP contribution in [0.15, 0.2) is 18.2 Å². The molecule has 1 aromatic carbocycles. The van der Waals surface area contributed by atoms with Crippen molar-refractivity contribution in [3.8, 4) is 0 Å². The number of aromatic nitrogens is 1. The molecule has 3 N–H and O–H groups in total. The molecule has 2 amide bonds. The van der Waals surface area contributed by atoms with E-state index in [9.17, 15) is 18.8 Å². The summed E-state index contributed by atoms with van der Waals surface area (Å²) < 4.78 is 25.0. The van der Waals surface area contributed by atoms with Crippen LogP contribution in [-0.2, 0) is 19.1 Å². The number of benzene rings is 1. The Morgan fingerprint density at radius 2 is 2.09 bits per heavy atom. The third-order valence-corrected chi connectivity index (χ3v) is 6.69. The summed E-state index contributed by atoms with van der Waals surface area (Å²) in [5.41, 5.74) is 3.50. The second-order valence-electron chi connectivity index (χ2n) is 8.99. The molecule has 4 heterocycles. The molecule has 8 nitrogen and oxygen atoms in total. The van der Waals surface area contributed by atoms with Gasteiger partial charge in [0.25, 0.3) is 11.8 Å². The first-order chi connectivity index (χ1) is 16.3. The second kappa shape index (κ2) is 8.81. The maximum Gasteiger partial charge on any atom is 0.256 e. The number of halogens is 1. The van der Waals surface area contributed by atoms with Crippen molar-refractivity contribution in [3.63, 3.8) is 0 Å². The van der Waals surface area contributed by atoms with Gasteiger partial charge in [0, 0.05) is 35.7 Å². The van der Waals surface area contributed by atoms with Crippen molar-refractivity contribution in [2.45, 2.75) is 51.4 Å². The largest absolute Gasteiger partial charge is 0.378 e. The Bertz CT molecular complexity index is 1210. The minimum Gasteiger partial charge on any atom is -0.378 e. The fraction of sp³-hybridized carbons (Fsp3) is 0.400. The molecule has 3 unspecified atom stereocenters. The van der Waals surface area contributed by atoms with Crippen LogP contribution in [0.25, 0.3) is 11.6 Å². The highest BCUT2D eigenvalue weighted by Gasteiger charge is 2.39. The monoisotopic (exact) mass is 467 g/mol. The first kappa shape index (κ1) is 22.5. The predicted molar refractivity (Wildman–Crippen MR) is 123 cm³/mol. The number of carbonyl (C=O) groups excluding carboxylic acids is 3. The Morgan fingerprint density at radius 3 is 2.85 bits per heavy atom. The van der Waals surface area contributed by atoms with Gasteiger partial charge in [0.15, 0.2) is 5.78 Å². The molecule has 3 aliphatic rings. The molecule has 0 saturated carbocycles. The number of rotatable bonds is 5. The van der Waals surface area contributed by atoms with Crippen molar-refractivity contribution in [1.29, 1.82) is 0 Å². The minimum absolute atomic E-state index is 0.0274. The number of nitrogens with one attached hydrogen (secondary N) is 3. The number of anilines is 1. The molecule has 3 atom stereocenters. The fourth-order valence-corrected chi connectivity index (χ4v) is 4.90. The van der Waals surface area contributed by atoms with Gasteiger partial charge in [-0.2, -0.15) is 0 Å². The Balaban J connectivity index is 1.33. The van der Waals surface area contributed by atoms with E-state index in [-0.39, 0.29) is 24.4 Å². The van der Waals surface area contributed by atoms with Gasteiger partial charge < -0.3 is 25.1 Å². The Morgan fingerprint density at radius 1 is 1.26 bits per heavy atom. The van der Waals surface area contributed by atoms with Crippen molar-refractivity contribution in [1.82, 2.24) is 10.3 Å². The van der Waals surface area contributed by atoms with Crippen molar-refractivity contribution in [2.24, 2.45) is 0 Å². The summed E-state index contributed by atoms with van der Waals surface area (Å²) in [7, 11) is 0. The number of fused-ring (bicyclic) bond motifs is 1. The van der Waals surface area contributed by atoms with Gasteiger partial charge in [-0.05, 0) is 56.5 Å². The first-order valence-electron chi connectivity index (χ1n) is 11.4. The van der Waals surface area contributed by atoms with Crippen LogP contribution in [0.1, 0.15) is 52.1 Å². The lowest BCUT2D eigenvalue weighted by atomic mass is 10.0. The molecule has 1 aromatic heterocycles. The van der Waals surface area contributed by atoms with E-state index in [1.165, 1.54) is 18.2 Å². The van der Waals surface area contributed by atoms with E-state index < -0.39 is 23.9 Å². The van der Waals surface area contributed by atoms with Gasteiger partial charge in [0.1, 0.15) is 18.0 Å². The smallest absolute Gasteiger partial charge is 0.256 e. The van der Waals surface area contributed by atoms with Crippen LogP contribution in [0.5, 0.6) is 0 Å². The summed E-state index contributed by atoms with van der Waals surface area (Å²) in [6.07, 6.45) is 3.48. The van der Waals surface area contributed by atoms with Crippen LogP contribution in [0.2, 0.25) is 0 Å². The maximum absolute atomic E-state index is 13.7. The zero-order valence-electron chi connectivity index (χ0n) is 19.0. The Kier molecular flexibility index (Phi) is 5.83. The summed E-state index contributed by atoms with van der Waals surface area (Å²) in [5.74, 6) is -1.32. The first-order valence-corrected chi connectivity index (χ1v) is 11.4. The average Bonchev–Trinajstić information content (AvgIpc) is 3.55.